The first-order chi connectivity index (χ1) is 17.5. The number of hydrogen-bond donors (Lipinski definition) is 0. The summed E-state index contributed by atoms with van der Waals surface area (Å²) in [5.74, 6) is 0.344. The Hall–Kier alpha value is -3.40. The van der Waals surface area contributed by atoms with Gasteiger partial charge in [0.15, 0.2) is 0 Å². The van der Waals surface area contributed by atoms with Gasteiger partial charge in [-0.2, -0.15) is 0 Å². The van der Waals surface area contributed by atoms with E-state index in [1.807, 2.05) is 45.0 Å². The van der Waals surface area contributed by atoms with Crippen LogP contribution < -0.4 is 9.47 Å². The molecule has 3 rings (SSSR count). The molecule has 0 amide bonds. The Kier molecular flexibility index (Phi) is 9.68. The normalized spacial score (nSPS) is 12.9. The first-order valence-electron chi connectivity index (χ1n) is 13.2. The fourth-order valence-electron chi connectivity index (χ4n) is 4.34. The topological polar surface area (TPSA) is 52.6 Å². The van der Waals surface area contributed by atoms with Gasteiger partial charge in [-0.15, -0.1) is 0 Å². The van der Waals surface area contributed by atoms with E-state index in [1.54, 1.807) is 18.2 Å². The molecule has 0 spiro atoms. The predicted molar refractivity (Wildman–Crippen MR) is 149 cm³/mol. The summed E-state index contributed by atoms with van der Waals surface area (Å²) in [4.78, 5) is 25.8. The third kappa shape index (κ3) is 8.31. The maximum Gasteiger partial charge on any atom is 0.318 e. The zero-order valence-electron chi connectivity index (χ0n) is 23.2. The van der Waals surface area contributed by atoms with E-state index in [0.29, 0.717) is 23.3 Å². The molecule has 0 radical (unpaired) electrons. The summed E-state index contributed by atoms with van der Waals surface area (Å²) in [6, 6.07) is 21.4. The van der Waals surface area contributed by atoms with Gasteiger partial charge in [-0.1, -0.05) is 76.2 Å². The van der Waals surface area contributed by atoms with Crippen LogP contribution >= 0.6 is 0 Å². The molecule has 0 aliphatic rings. The average molecular weight is 501 g/mol. The largest absolute Gasteiger partial charge is 0.426 e. The first-order valence-corrected chi connectivity index (χ1v) is 13.2. The summed E-state index contributed by atoms with van der Waals surface area (Å²) in [5.41, 5.74) is 5.16. The molecule has 0 unspecified atom stereocenters. The SMILES string of the molecule is Cc1cc(OC(=O)[C@@H](C)c2ccc(CC(C)C)cc2)cc(OC(=O)[C@H](C)c2ccc(CC(C)C)cc2)c1. The lowest BCUT2D eigenvalue weighted by Gasteiger charge is -2.15. The number of esters is 2. The van der Waals surface area contributed by atoms with Crippen molar-refractivity contribution in [1.82, 2.24) is 0 Å². The standard InChI is InChI=1S/C33H40O4/c1-21(2)16-26-8-12-28(13-9-26)24(6)32(34)36-30-18-23(5)19-31(20-30)37-33(35)25(7)29-14-10-27(11-15-29)17-22(3)4/h8-15,18-22,24-25H,16-17H2,1-7H3/t24-,25+. The molecule has 0 saturated carbocycles. The van der Waals surface area contributed by atoms with Gasteiger partial charge in [-0.25, -0.2) is 0 Å². The van der Waals surface area contributed by atoms with Crippen LogP contribution in [0.4, 0.5) is 0 Å². The maximum absolute atomic E-state index is 12.9. The quantitative estimate of drug-likeness (QED) is 0.210. The van der Waals surface area contributed by atoms with Crippen molar-refractivity contribution in [3.05, 3.63) is 94.5 Å². The van der Waals surface area contributed by atoms with Gasteiger partial charge < -0.3 is 9.47 Å². The van der Waals surface area contributed by atoms with Gasteiger partial charge in [0.2, 0.25) is 0 Å². The van der Waals surface area contributed by atoms with Crippen LogP contribution in [0.1, 0.15) is 81.2 Å². The molecule has 0 fully saturated rings. The Morgan fingerprint density at radius 1 is 0.595 bits per heavy atom. The van der Waals surface area contributed by atoms with E-state index in [2.05, 4.69) is 52.0 Å². The van der Waals surface area contributed by atoms with Crippen molar-refractivity contribution < 1.29 is 19.1 Å². The monoisotopic (exact) mass is 500 g/mol. The van der Waals surface area contributed by atoms with E-state index in [9.17, 15) is 9.59 Å². The van der Waals surface area contributed by atoms with Crippen molar-refractivity contribution in [3.63, 3.8) is 0 Å². The highest BCUT2D eigenvalue weighted by atomic mass is 16.5. The predicted octanol–water partition coefficient (Wildman–Crippen LogP) is 7.81. The van der Waals surface area contributed by atoms with E-state index in [1.165, 1.54) is 11.1 Å². The van der Waals surface area contributed by atoms with Gasteiger partial charge in [0, 0.05) is 6.07 Å². The van der Waals surface area contributed by atoms with Gasteiger partial charge in [0.05, 0.1) is 11.8 Å². The first kappa shape index (κ1) is 28.2. The van der Waals surface area contributed by atoms with Crippen LogP contribution in [0, 0.1) is 18.8 Å². The lowest BCUT2D eigenvalue weighted by molar-refractivity contribution is -0.136. The molecule has 0 aliphatic carbocycles. The van der Waals surface area contributed by atoms with Crippen molar-refractivity contribution >= 4 is 11.9 Å². The highest BCUT2D eigenvalue weighted by Gasteiger charge is 2.21. The molecule has 3 aromatic rings. The number of rotatable bonds is 10. The van der Waals surface area contributed by atoms with Crippen molar-refractivity contribution in [2.75, 3.05) is 0 Å². The molecule has 196 valence electrons. The summed E-state index contributed by atoms with van der Waals surface area (Å²) in [5, 5.41) is 0. The lowest BCUT2D eigenvalue weighted by atomic mass is 9.97. The van der Waals surface area contributed by atoms with Gasteiger partial charge in [-0.3, -0.25) is 9.59 Å². The fourth-order valence-corrected chi connectivity index (χ4v) is 4.34. The molecule has 0 heterocycles. The molecule has 0 bridgehead atoms. The smallest absolute Gasteiger partial charge is 0.318 e. The zero-order valence-corrected chi connectivity index (χ0v) is 23.2. The van der Waals surface area contributed by atoms with Crippen LogP contribution in [0.15, 0.2) is 66.7 Å². The second-order valence-corrected chi connectivity index (χ2v) is 10.9. The third-order valence-electron chi connectivity index (χ3n) is 6.42. The minimum Gasteiger partial charge on any atom is -0.426 e. The molecule has 37 heavy (non-hydrogen) atoms. The number of ether oxygens (including phenoxy) is 2. The molecular formula is C33H40O4. The van der Waals surface area contributed by atoms with E-state index >= 15 is 0 Å². The van der Waals surface area contributed by atoms with E-state index < -0.39 is 11.8 Å². The fraction of sp³-hybridized carbons (Fsp3) is 0.394. The van der Waals surface area contributed by atoms with Gasteiger partial charge in [0.25, 0.3) is 0 Å². The number of hydrogen-bond acceptors (Lipinski definition) is 4. The highest BCUT2D eigenvalue weighted by molar-refractivity contribution is 5.81. The Morgan fingerprint density at radius 2 is 0.946 bits per heavy atom. The Morgan fingerprint density at radius 3 is 1.27 bits per heavy atom. The maximum atomic E-state index is 12.9. The molecule has 2 atom stereocenters. The number of benzene rings is 3. The van der Waals surface area contributed by atoms with Crippen LogP contribution in [0.25, 0.3) is 0 Å². The Balaban J connectivity index is 1.65. The number of carbonyl (C=O) groups excluding carboxylic acids is 2. The van der Waals surface area contributed by atoms with Crippen LogP contribution in [-0.4, -0.2) is 11.9 Å². The van der Waals surface area contributed by atoms with E-state index in [0.717, 1.165) is 29.5 Å². The summed E-state index contributed by atoms with van der Waals surface area (Å²) in [6.07, 6.45) is 2.01. The van der Waals surface area contributed by atoms with E-state index in [-0.39, 0.29) is 11.9 Å². The number of carbonyl (C=O) groups is 2. The van der Waals surface area contributed by atoms with Crippen molar-refractivity contribution in [2.45, 2.75) is 73.1 Å². The van der Waals surface area contributed by atoms with Gasteiger partial charge in [-0.05, 0) is 85.4 Å². The van der Waals surface area contributed by atoms with Crippen LogP contribution in [0.2, 0.25) is 0 Å². The van der Waals surface area contributed by atoms with Crippen LogP contribution in [-0.2, 0) is 22.4 Å². The summed E-state index contributed by atoms with van der Waals surface area (Å²) < 4.78 is 11.4. The minimum atomic E-state index is -0.418. The zero-order chi connectivity index (χ0) is 27.1. The summed E-state index contributed by atoms with van der Waals surface area (Å²) >= 11 is 0. The second kappa shape index (κ2) is 12.7. The molecule has 4 nitrogen and oxygen atoms in total. The third-order valence-corrected chi connectivity index (χ3v) is 6.42. The second-order valence-electron chi connectivity index (χ2n) is 10.9. The van der Waals surface area contributed by atoms with Crippen molar-refractivity contribution in [1.29, 1.82) is 0 Å². The molecule has 0 saturated heterocycles. The van der Waals surface area contributed by atoms with Gasteiger partial charge in [0.1, 0.15) is 11.5 Å². The number of aryl methyl sites for hydroxylation is 1. The molecule has 4 heteroatoms. The lowest BCUT2D eigenvalue weighted by Crippen LogP contribution is -2.18. The Labute approximate surface area is 222 Å². The van der Waals surface area contributed by atoms with E-state index in [4.69, 9.17) is 9.47 Å². The minimum absolute atomic E-state index is 0.352. The van der Waals surface area contributed by atoms with Crippen molar-refractivity contribution in [2.24, 2.45) is 11.8 Å². The summed E-state index contributed by atoms with van der Waals surface area (Å²) in [6.45, 7) is 14.3. The van der Waals surface area contributed by atoms with Crippen molar-refractivity contribution in [3.8, 4) is 11.5 Å². The Bertz CT molecular complexity index is 1100. The molecule has 0 aromatic heterocycles. The highest BCUT2D eigenvalue weighted by Crippen LogP contribution is 2.27. The average Bonchev–Trinajstić information content (AvgIpc) is 2.83. The molecule has 3 aromatic carbocycles. The van der Waals surface area contributed by atoms with Crippen LogP contribution in [0.5, 0.6) is 11.5 Å². The molecule has 0 N–H and O–H groups in total. The van der Waals surface area contributed by atoms with Crippen LogP contribution in [0.3, 0.4) is 0 Å². The summed E-state index contributed by atoms with van der Waals surface area (Å²) in [7, 11) is 0. The molecular weight excluding hydrogens is 460 g/mol. The van der Waals surface area contributed by atoms with Gasteiger partial charge >= 0.3 is 11.9 Å². The molecule has 0 aliphatic heterocycles.